The Morgan fingerprint density at radius 1 is 1.25 bits per heavy atom. The Balaban J connectivity index is 0.00000180. The Morgan fingerprint density at radius 2 is 2.00 bits per heavy atom. The number of hydrogen-bond acceptors (Lipinski definition) is 4. The summed E-state index contributed by atoms with van der Waals surface area (Å²) in [6, 6.07) is 8.72. The van der Waals surface area contributed by atoms with Gasteiger partial charge in [0.2, 0.25) is 0 Å². The zero-order chi connectivity index (χ0) is 12.8. The highest BCUT2D eigenvalue weighted by atomic mass is 35.5. The van der Waals surface area contributed by atoms with E-state index in [0.29, 0.717) is 19.3 Å². The zero-order valence-electron chi connectivity index (χ0n) is 12.0. The Labute approximate surface area is 133 Å². The van der Waals surface area contributed by atoms with Crippen molar-refractivity contribution in [3.63, 3.8) is 0 Å². The van der Waals surface area contributed by atoms with Crippen LogP contribution in [0.4, 0.5) is 5.69 Å². The van der Waals surface area contributed by atoms with Crippen molar-refractivity contribution < 1.29 is 9.47 Å². The Bertz CT molecular complexity index is 380. The van der Waals surface area contributed by atoms with E-state index in [1.807, 2.05) is 12.1 Å². The lowest BCUT2D eigenvalue weighted by molar-refractivity contribution is 0.146. The molecule has 1 aromatic carbocycles. The fraction of sp³-hybridized carbons (Fsp3) is 0.571. The van der Waals surface area contributed by atoms with Gasteiger partial charge >= 0.3 is 0 Å². The summed E-state index contributed by atoms with van der Waals surface area (Å²) in [5.41, 5.74) is 1.18. The third kappa shape index (κ3) is 5.02. The van der Waals surface area contributed by atoms with Crippen LogP contribution in [-0.2, 0) is 4.74 Å². The number of piperazine rings is 1. The van der Waals surface area contributed by atoms with E-state index in [1.54, 1.807) is 7.11 Å². The van der Waals surface area contributed by atoms with E-state index >= 15 is 0 Å². The molecule has 0 saturated carbocycles. The van der Waals surface area contributed by atoms with E-state index in [0.717, 1.165) is 25.4 Å². The number of para-hydroxylation sites is 2. The molecule has 0 bridgehead atoms. The number of methoxy groups -OCH3 is 1. The summed E-state index contributed by atoms with van der Waals surface area (Å²) < 4.78 is 10.8. The molecule has 0 aliphatic carbocycles. The van der Waals surface area contributed by atoms with Crippen molar-refractivity contribution >= 4 is 30.5 Å². The van der Waals surface area contributed by atoms with Crippen molar-refractivity contribution in [3.8, 4) is 5.75 Å². The molecule has 1 saturated heterocycles. The van der Waals surface area contributed by atoms with Crippen LogP contribution >= 0.6 is 24.8 Å². The molecule has 0 radical (unpaired) electrons. The van der Waals surface area contributed by atoms with Crippen molar-refractivity contribution in [2.45, 2.75) is 13.0 Å². The van der Waals surface area contributed by atoms with E-state index in [1.165, 1.54) is 5.69 Å². The molecule has 6 heteroatoms. The summed E-state index contributed by atoms with van der Waals surface area (Å²) in [6.45, 7) is 6.51. The second-order valence-electron chi connectivity index (χ2n) is 4.56. The zero-order valence-corrected chi connectivity index (χ0v) is 13.6. The average Bonchev–Trinajstić information content (AvgIpc) is 2.40. The Kier molecular flexibility index (Phi) is 9.76. The van der Waals surface area contributed by atoms with Crippen LogP contribution in [0, 0.1) is 0 Å². The SMILES string of the molecule is COCCOc1ccccc1N1CCNCC1C.Cl.Cl. The van der Waals surface area contributed by atoms with Gasteiger partial charge in [-0.1, -0.05) is 12.1 Å². The Hall–Kier alpha value is -0.680. The third-order valence-electron chi connectivity index (χ3n) is 3.22. The molecule has 116 valence electrons. The van der Waals surface area contributed by atoms with Gasteiger partial charge in [0.05, 0.1) is 12.3 Å². The van der Waals surface area contributed by atoms with Crippen LogP contribution in [0.2, 0.25) is 0 Å². The second-order valence-corrected chi connectivity index (χ2v) is 4.56. The van der Waals surface area contributed by atoms with Crippen molar-refractivity contribution in [1.29, 1.82) is 0 Å². The lowest BCUT2D eigenvalue weighted by atomic mass is 10.1. The predicted molar refractivity (Wildman–Crippen MR) is 88.0 cm³/mol. The van der Waals surface area contributed by atoms with Crippen LogP contribution in [0.25, 0.3) is 0 Å². The molecule has 1 N–H and O–H groups in total. The van der Waals surface area contributed by atoms with E-state index < -0.39 is 0 Å². The van der Waals surface area contributed by atoms with Crippen LogP contribution in [0.15, 0.2) is 24.3 Å². The second kappa shape index (κ2) is 10.1. The van der Waals surface area contributed by atoms with Gasteiger partial charge in [-0.3, -0.25) is 0 Å². The van der Waals surface area contributed by atoms with Crippen molar-refractivity contribution in [3.05, 3.63) is 24.3 Å². The Morgan fingerprint density at radius 3 is 2.70 bits per heavy atom. The number of halogens is 2. The fourth-order valence-corrected chi connectivity index (χ4v) is 2.25. The van der Waals surface area contributed by atoms with Crippen LogP contribution in [0.5, 0.6) is 5.75 Å². The number of benzene rings is 1. The molecule has 1 atom stereocenters. The van der Waals surface area contributed by atoms with E-state index in [4.69, 9.17) is 9.47 Å². The smallest absolute Gasteiger partial charge is 0.142 e. The van der Waals surface area contributed by atoms with Crippen LogP contribution in [0.1, 0.15) is 6.92 Å². The largest absolute Gasteiger partial charge is 0.489 e. The molecule has 1 unspecified atom stereocenters. The number of hydrogen-bond donors (Lipinski definition) is 1. The maximum atomic E-state index is 5.79. The summed E-state index contributed by atoms with van der Waals surface area (Å²) in [6.07, 6.45) is 0. The minimum atomic E-state index is 0. The first-order valence-electron chi connectivity index (χ1n) is 6.51. The molecule has 0 spiro atoms. The number of nitrogens with one attached hydrogen (secondary N) is 1. The maximum absolute atomic E-state index is 5.79. The van der Waals surface area contributed by atoms with Crippen LogP contribution in [0.3, 0.4) is 0 Å². The van der Waals surface area contributed by atoms with Gasteiger partial charge in [-0.05, 0) is 19.1 Å². The molecule has 0 amide bonds. The maximum Gasteiger partial charge on any atom is 0.142 e. The van der Waals surface area contributed by atoms with Gasteiger partial charge in [0.1, 0.15) is 12.4 Å². The lowest BCUT2D eigenvalue weighted by Gasteiger charge is -2.36. The van der Waals surface area contributed by atoms with E-state index in [9.17, 15) is 0 Å². The highest BCUT2D eigenvalue weighted by Crippen LogP contribution is 2.29. The molecule has 2 rings (SSSR count). The molecular weight excluding hydrogens is 299 g/mol. The van der Waals surface area contributed by atoms with Gasteiger partial charge in [-0.15, -0.1) is 24.8 Å². The first-order chi connectivity index (χ1) is 8.83. The van der Waals surface area contributed by atoms with Gasteiger partial charge < -0.3 is 19.7 Å². The molecular formula is C14H24Cl2N2O2. The standard InChI is InChI=1S/C14H22N2O2.2ClH/c1-12-11-15-7-8-16(12)13-5-3-4-6-14(13)18-10-9-17-2;;/h3-6,12,15H,7-11H2,1-2H3;2*1H. The van der Waals surface area contributed by atoms with Gasteiger partial charge in [-0.2, -0.15) is 0 Å². The quantitative estimate of drug-likeness (QED) is 0.844. The molecule has 1 fully saturated rings. The third-order valence-corrected chi connectivity index (χ3v) is 3.22. The summed E-state index contributed by atoms with van der Waals surface area (Å²) >= 11 is 0. The topological polar surface area (TPSA) is 33.7 Å². The number of nitrogens with zero attached hydrogens (tertiary/aromatic N) is 1. The van der Waals surface area contributed by atoms with Gasteiger partial charge in [0, 0.05) is 32.8 Å². The molecule has 1 aliphatic rings. The number of ether oxygens (including phenoxy) is 2. The number of anilines is 1. The van der Waals surface area contributed by atoms with Crippen LogP contribution in [-0.4, -0.2) is 46.0 Å². The van der Waals surface area contributed by atoms with Gasteiger partial charge in [0.15, 0.2) is 0 Å². The lowest BCUT2D eigenvalue weighted by Crippen LogP contribution is -2.50. The monoisotopic (exact) mass is 322 g/mol. The highest BCUT2D eigenvalue weighted by molar-refractivity contribution is 5.85. The van der Waals surface area contributed by atoms with E-state index in [2.05, 4.69) is 29.3 Å². The first-order valence-corrected chi connectivity index (χ1v) is 6.51. The van der Waals surface area contributed by atoms with Crippen LogP contribution < -0.4 is 15.0 Å². The summed E-state index contributed by atoms with van der Waals surface area (Å²) in [5, 5.41) is 3.40. The van der Waals surface area contributed by atoms with Crippen molar-refractivity contribution in [2.75, 3.05) is 44.9 Å². The summed E-state index contributed by atoms with van der Waals surface area (Å²) in [5.74, 6) is 0.948. The van der Waals surface area contributed by atoms with Gasteiger partial charge in [0.25, 0.3) is 0 Å². The van der Waals surface area contributed by atoms with E-state index in [-0.39, 0.29) is 24.8 Å². The molecule has 1 aliphatic heterocycles. The number of rotatable bonds is 5. The molecule has 0 aromatic heterocycles. The molecule has 20 heavy (non-hydrogen) atoms. The van der Waals surface area contributed by atoms with Gasteiger partial charge in [-0.25, -0.2) is 0 Å². The predicted octanol–water partition coefficient (Wildman–Crippen LogP) is 2.35. The highest BCUT2D eigenvalue weighted by Gasteiger charge is 2.20. The average molecular weight is 323 g/mol. The normalized spacial score (nSPS) is 17.9. The summed E-state index contributed by atoms with van der Waals surface area (Å²) in [7, 11) is 1.69. The minimum absolute atomic E-state index is 0. The van der Waals surface area contributed by atoms with Crippen molar-refractivity contribution in [2.24, 2.45) is 0 Å². The minimum Gasteiger partial charge on any atom is -0.489 e. The fourth-order valence-electron chi connectivity index (χ4n) is 2.25. The summed E-state index contributed by atoms with van der Waals surface area (Å²) in [4.78, 5) is 2.40. The molecule has 1 aromatic rings. The molecule has 4 nitrogen and oxygen atoms in total. The van der Waals surface area contributed by atoms with Crippen molar-refractivity contribution in [1.82, 2.24) is 5.32 Å². The first kappa shape index (κ1) is 19.3. The molecule has 1 heterocycles.